The number of carbonyl (C=O) groups is 1. The second kappa shape index (κ2) is 5.55. The number of hydrogen-bond donors (Lipinski definition) is 2. The number of hydroxylamine groups is 3. The van der Waals surface area contributed by atoms with Crippen LogP contribution in [0.15, 0.2) is 30.3 Å². The Hall–Kier alpha value is -1.76. The average Bonchev–Trinajstić information content (AvgIpc) is 2.86. The summed E-state index contributed by atoms with van der Waals surface area (Å²) in [5.41, 5.74) is 4.44. The molecule has 2 heterocycles. The van der Waals surface area contributed by atoms with E-state index in [0.29, 0.717) is 31.0 Å². The Labute approximate surface area is 126 Å². The van der Waals surface area contributed by atoms with E-state index in [4.69, 9.17) is 21.5 Å². The summed E-state index contributed by atoms with van der Waals surface area (Å²) in [5.74, 6) is 0. The molecule has 2 N–H and O–H groups in total. The Balaban J connectivity index is 1.68. The molecule has 1 aromatic carbocycles. The average molecular weight is 311 g/mol. The lowest BCUT2D eigenvalue weighted by Gasteiger charge is -2.34. The van der Waals surface area contributed by atoms with Crippen LogP contribution in [0.25, 0.3) is 5.70 Å². The Morgan fingerprint density at radius 3 is 2.62 bits per heavy atom. The minimum Gasteiger partial charge on any atom is -0.448 e. The van der Waals surface area contributed by atoms with Gasteiger partial charge < -0.3 is 9.94 Å². The van der Waals surface area contributed by atoms with Crippen molar-refractivity contribution in [3.63, 3.8) is 0 Å². The highest BCUT2D eigenvalue weighted by atomic mass is 35.5. The number of nitrogens with one attached hydrogen (secondary N) is 1. The summed E-state index contributed by atoms with van der Waals surface area (Å²) in [6.45, 7) is 0.997. The zero-order valence-corrected chi connectivity index (χ0v) is 12.0. The highest BCUT2D eigenvalue weighted by Gasteiger charge is 2.39. The second-order valence-corrected chi connectivity index (χ2v) is 5.56. The third-order valence-electron chi connectivity index (χ3n) is 3.70. The van der Waals surface area contributed by atoms with Gasteiger partial charge in [0.1, 0.15) is 5.60 Å². The summed E-state index contributed by atoms with van der Waals surface area (Å²) in [7, 11) is 0. The largest absolute Gasteiger partial charge is 0.525 e. The molecule has 1 aromatic rings. The van der Waals surface area contributed by atoms with E-state index in [-0.39, 0.29) is 0 Å². The monoisotopic (exact) mass is 310 g/mol. The normalized spacial score (nSPS) is 20.9. The highest BCUT2D eigenvalue weighted by molar-refractivity contribution is 6.30. The molecule has 1 saturated heterocycles. The highest BCUT2D eigenvalue weighted by Crippen LogP contribution is 2.34. The van der Waals surface area contributed by atoms with Crippen LogP contribution in [0, 0.1) is 0 Å². The van der Waals surface area contributed by atoms with Crippen LogP contribution in [-0.2, 0) is 9.68 Å². The summed E-state index contributed by atoms with van der Waals surface area (Å²) < 4.78 is 0. The molecule has 2 aliphatic rings. The van der Waals surface area contributed by atoms with Crippen molar-refractivity contribution in [3.8, 4) is 0 Å². The van der Waals surface area contributed by atoms with E-state index in [2.05, 4.69) is 10.3 Å². The maximum absolute atomic E-state index is 10.5. The van der Waals surface area contributed by atoms with Gasteiger partial charge >= 0.3 is 6.16 Å². The molecular formula is C14H15ClN2O4. The van der Waals surface area contributed by atoms with Crippen LogP contribution < -0.4 is 5.48 Å². The molecule has 0 atom stereocenters. The first-order valence-electron chi connectivity index (χ1n) is 6.65. The van der Waals surface area contributed by atoms with Crippen LogP contribution >= 0.6 is 11.6 Å². The summed E-state index contributed by atoms with van der Waals surface area (Å²) in [5, 5.41) is 10.7. The van der Waals surface area contributed by atoms with E-state index in [1.807, 2.05) is 30.3 Å². The molecule has 0 unspecified atom stereocenters. The van der Waals surface area contributed by atoms with Gasteiger partial charge in [0.25, 0.3) is 0 Å². The molecule has 1 fully saturated rings. The lowest BCUT2D eigenvalue weighted by Crippen LogP contribution is -2.44. The van der Waals surface area contributed by atoms with Crippen LogP contribution in [-0.4, -0.2) is 35.0 Å². The van der Waals surface area contributed by atoms with Crippen molar-refractivity contribution in [1.29, 1.82) is 0 Å². The van der Waals surface area contributed by atoms with Crippen molar-refractivity contribution in [2.24, 2.45) is 0 Å². The Morgan fingerprint density at radius 2 is 2.00 bits per heavy atom. The predicted octanol–water partition coefficient (Wildman–Crippen LogP) is 2.66. The van der Waals surface area contributed by atoms with Gasteiger partial charge in [-0.25, -0.2) is 4.79 Å². The summed E-state index contributed by atoms with van der Waals surface area (Å²) >= 11 is 5.88. The van der Waals surface area contributed by atoms with Gasteiger partial charge in [-0.05, 0) is 36.6 Å². The Kier molecular flexibility index (Phi) is 3.75. The summed E-state index contributed by atoms with van der Waals surface area (Å²) in [4.78, 5) is 20.9. The molecule has 112 valence electrons. The molecule has 7 heteroatoms. The van der Waals surface area contributed by atoms with Crippen LogP contribution in [0.3, 0.4) is 0 Å². The van der Waals surface area contributed by atoms with E-state index in [0.717, 1.165) is 11.3 Å². The fraction of sp³-hybridized carbons (Fsp3) is 0.357. The zero-order valence-electron chi connectivity index (χ0n) is 11.2. The van der Waals surface area contributed by atoms with Crippen molar-refractivity contribution in [3.05, 3.63) is 40.9 Å². The fourth-order valence-corrected chi connectivity index (χ4v) is 2.69. The number of halogens is 1. The van der Waals surface area contributed by atoms with E-state index >= 15 is 0 Å². The molecule has 2 aliphatic heterocycles. The van der Waals surface area contributed by atoms with Crippen LogP contribution in [0.2, 0.25) is 5.02 Å². The van der Waals surface area contributed by atoms with E-state index in [9.17, 15) is 4.79 Å². The Morgan fingerprint density at radius 1 is 1.33 bits per heavy atom. The zero-order chi connectivity index (χ0) is 14.9. The topological polar surface area (TPSA) is 71.0 Å². The maximum atomic E-state index is 10.5. The lowest BCUT2D eigenvalue weighted by molar-refractivity contribution is -0.167. The molecule has 0 aromatic heterocycles. The smallest absolute Gasteiger partial charge is 0.448 e. The molecule has 21 heavy (non-hydrogen) atoms. The van der Waals surface area contributed by atoms with Crippen molar-refractivity contribution >= 4 is 23.5 Å². The van der Waals surface area contributed by atoms with Crippen molar-refractivity contribution in [2.75, 3.05) is 13.1 Å². The first kappa shape index (κ1) is 14.2. The second-order valence-electron chi connectivity index (χ2n) is 5.12. The van der Waals surface area contributed by atoms with Gasteiger partial charge in [0.2, 0.25) is 0 Å². The third kappa shape index (κ3) is 3.12. The third-order valence-corrected chi connectivity index (χ3v) is 3.95. The summed E-state index contributed by atoms with van der Waals surface area (Å²) in [6, 6.07) is 7.50. The van der Waals surface area contributed by atoms with Gasteiger partial charge in [-0.2, -0.15) is 0 Å². The van der Waals surface area contributed by atoms with Crippen LogP contribution in [0.1, 0.15) is 18.4 Å². The number of rotatable bonds is 2. The molecule has 1 spiro atoms. The number of piperidine rings is 1. The van der Waals surface area contributed by atoms with Crippen LogP contribution in [0.4, 0.5) is 4.79 Å². The molecule has 6 nitrogen and oxygen atoms in total. The van der Waals surface area contributed by atoms with Gasteiger partial charge in [-0.3, -0.25) is 10.3 Å². The standard InChI is InChI=1S/C14H15ClN2O4/c15-11-3-1-10(2-4-11)12-9-14(21-16-12)5-7-17(8-6-14)20-13(18)19/h1-4,9,16H,5-8H2,(H,18,19). The van der Waals surface area contributed by atoms with E-state index in [1.165, 1.54) is 5.06 Å². The minimum absolute atomic E-state index is 0.409. The van der Waals surface area contributed by atoms with Crippen molar-refractivity contribution < 1.29 is 19.6 Å². The fourth-order valence-electron chi connectivity index (χ4n) is 2.56. The SMILES string of the molecule is O=C(O)ON1CCC2(C=C(c3ccc(Cl)cc3)NO2)CC1. The summed E-state index contributed by atoms with van der Waals surface area (Å²) in [6.07, 6.45) is 2.08. The van der Waals surface area contributed by atoms with Gasteiger partial charge in [0, 0.05) is 18.1 Å². The minimum atomic E-state index is -1.28. The molecule has 0 amide bonds. The molecule has 3 rings (SSSR count). The molecule has 0 bridgehead atoms. The Bertz CT molecular complexity index is 565. The lowest BCUT2D eigenvalue weighted by atomic mass is 9.91. The first-order valence-corrected chi connectivity index (χ1v) is 7.03. The number of benzene rings is 1. The number of carboxylic acid groups (broad SMARTS) is 1. The first-order chi connectivity index (χ1) is 10.1. The van der Waals surface area contributed by atoms with Gasteiger partial charge in [0.05, 0.1) is 5.70 Å². The molecule has 0 radical (unpaired) electrons. The van der Waals surface area contributed by atoms with Gasteiger partial charge in [-0.15, -0.1) is 5.06 Å². The van der Waals surface area contributed by atoms with Crippen LogP contribution in [0.5, 0.6) is 0 Å². The predicted molar refractivity (Wildman–Crippen MR) is 76.3 cm³/mol. The van der Waals surface area contributed by atoms with Crippen molar-refractivity contribution in [2.45, 2.75) is 18.4 Å². The van der Waals surface area contributed by atoms with Gasteiger partial charge in [-0.1, -0.05) is 23.7 Å². The molecule has 0 saturated carbocycles. The number of nitrogens with zero attached hydrogens (tertiary/aromatic N) is 1. The number of hydrogen-bond acceptors (Lipinski definition) is 5. The van der Waals surface area contributed by atoms with Gasteiger partial charge in [0.15, 0.2) is 0 Å². The van der Waals surface area contributed by atoms with E-state index in [1.54, 1.807) is 0 Å². The van der Waals surface area contributed by atoms with Crippen molar-refractivity contribution in [1.82, 2.24) is 10.5 Å². The maximum Gasteiger partial charge on any atom is 0.525 e. The molecule has 0 aliphatic carbocycles. The quantitative estimate of drug-likeness (QED) is 0.875. The molecular weight excluding hydrogens is 296 g/mol. The van der Waals surface area contributed by atoms with E-state index < -0.39 is 11.8 Å².